The minimum atomic E-state index is -0.626. The summed E-state index contributed by atoms with van der Waals surface area (Å²) in [5.41, 5.74) is 0.511. The summed E-state index contributed by atoms with van der Waals surface area (Å²) in [5, 5.41) is 10.1. The highest BCUT2D eigenvalue weighted by Crippen LogP contribution is 2.56. The van der Waals surface area contributed by atoms with Gasteiger partial charge in [0.05, 0.1) is 24.7 Å². The summed E-state index contributed by atoms with van der Waals surface area (Å²) in [5.74, 6) is 1.72. The van der Waals surface area contributed by atoms with Crippen LogP contribution < -0.4 is 4.74 Å². The topological polar surface area (TPSA) is 77.5 Å². The number of hydrogen-bond donors (Lipinski definition) is 1. The molecule has 1 N–H and O–H groups in total. The van der Waals surface area contributed by atoms with Crippen molar-refractivity contribution in [1.82, 2.24) is 4.90 Å². The molecule has 0 radical (unpaired) electrons. The van der Waals surface area contributed by atoms with E-state index >= 15 is 0 Å². The highest BCUT2D eigenvalue weighted by atomic mass is 17.2. The predicted octanol–water partition coefficient (Wildman–Crippen LogP) is 4.80. The Morgan fingerprint density at radius 3 is 2.50 bits per heavy atom. The van der Waals surface area contributed by atoms with Crippen LogP contribution in [-0.2, 0) is 19.3 Å². The third-order valence-corrected chi connectivity index (χ3v) is 9.74. The van der Waals surface area contributed by atoms with E-state index < -0.39 is 11.4 Å². The number of hydrogen-bond acceptors (Lipinski definition) is 6. The van der Waals surface area contributed by atoms with E-state index in [-0.39, 0.29) is 11.7 Å². The lowest BCUT2D eigenvalue weighted by Gasteiger charge is -2.47. The fourth-order valence-corrected chi connectivity index (χ4v) is 8.00. The lowest BCUT2D eigenvalue weighted by molar-refractivity contribution is -0.395. The Morgan fingerprint density at radius 2 is 1.75 bits per heavy atom. The smallest absolute Gasteiger partial charge is 0.309 e. The van der Waals surface area contributed by atoms with E-state index in [1.807, 2.05) is 0 Å². The van der Waals surface area contributed by atoms with Crippen LogP contribution in [0.3, 0.4) is 0 Å². The quantitative estimate of drug-likeness (QED) is 0.564. The predicted molar refractivity (Wildman–Crippen MR) is 134 cm³/mol. The monoisotopic (exact) mass is 499 g/mol. The average molecular weight is 500 g/mol. The number of aliphatic carboxylic acids is 1. The zero-order chi connectivity index (χ0) is 24.6. The van der Waals surface area contributed by atoms with Gasteiger partial charge in [-0.05, 0) is 99.7 Å². The number of carboxylic acids is 1. The van der Waals surface area contributed by atoms with E-state index in [1.54, 1.807) is 0 Å². The highest BCUT2D eigenvalue weighted by Gasteiger charge is 2.55. The Kier molecular flexibility index (Phi) is 7.01. The summed E-state index contributed by atoms with van der Waals surface area (Å²) in [6.07, 6.45) is 9.26. The highest BCUT2D eigenvalue weighted by molar-refractivity contribution is 5.75. The maximum Gasteiger partial charge on any atom is 0.309 e. The van der Waals surface area contributed by atoms with Gasteiger partial charge >= 0.3 is 5.97 Å². The average Bonchev–Trinajstić information content (AvgIpc) is 2.96. The standard InChI is InChI=1S/C29H41NO6/c31-27(32)28-17-21-15-22(18-28)19-29(36-35-26(16-21)20-28)7-5-24(6-8-29)23-1-3-25(4-2-23)34-14-11-30-9-12-33-13-10-30/h1-4,21-22,24,26H,5-20H2,(H,31,32)/t21?,22?,24-,26?,28?,29+. The van der Waals surface area contributed by atoms with E-state index in [4.69, 9.17) is 19.2 Å². The SMILES string of the molecule is O=C(O)C12CC3CC(C1)C[C@]1(CC[C@H](c4ccc(OCCN5CCOCC5)cc4)CC1)OOC(C3)C2. The molecule has 4 atom stereocenters. The summed E-state index contributed by atoms with van der Waals surface area (Å²) >= 11 is 0. The van der Waals surface area contributed by atoms with Crippen LogP contribution in [0.2, 0.25) is 0 Å². The molecule has 6 fully saturated rings. The Labute approximate surface area is 214 Å². The number of nitrogens with zero attached hydrogens (tertiary/aromatic N) is 1. The van der Waals surface area contributed by atoms with Gasteiger partial charge in [0.1, 0.15) is 18.0 Å². The van der Waals surface area contributed by atoms with Crippen LogP contribution in [0.4, 0.5) is 0 Å². The summed E-state index contributed by atoms with van der Waals surface area (Å²) in [4.78, 5) is 26.9. The van der Waals surface area contributed by atoms with Crippen molar-refractivity contribution in [3.8, 4) is 5.75 Å². The molecule has 0 aromatic heterocycles. The fourth-order valence-electron chi connectivity index (χ4n) is 8.00. The van der Waals surface area contributed by atoms with Gasteiger partial charge in [-0.15, -0.1) is 0 Å². The van der Waals surface area contributed by atoms with Gasteiger partial charge in [0.15, 0.2) is 0 Å². The summed E-state index contributed by atoms with van der Waals surface area (Å²) in [6.45, 7) is 5.26. The second-order valence-electron chi connectivity index (χ2n) is 12.2. The number of carbonyl (C=O) groups is 1. The van der Waals surface area contributed by atoms with Crippen LogP contribution in [0, 0.1) is 17.3 Å². The van der Waals surface area contributed by atoms with Gasteiger partial charge in [0, 0.05) is 19.6 Å². The number of carboxylic acid groups (broad SMARTS) is 1. The van der Waals surface area contributed by atoms with Crippen molar-refractivity contribution in [2.45, 2.75) is 81.8 Å². The van der Waals surface area contributed by atoms with Crippen molar-refractivity contribution in [2.75, 3.05) is 39.5 Å². The first-order valence-electron chi connectivity index (χ1n) is 14.1. The molecule has 3 saturated heterocycles. The Hall–Kier alpha value is -1.67. The second-order valence-corrected chi connectivity index (χ2v) is 12.2. The molecule has 3 saturated carbocycles. The van der Waals surface area contributed by atoms with Crippen LogP contribution in [0.5, 0.6) is 5.75 Å². The van der Waals surface area contributed by atoms with Crippen molar-refractivity contribution in [3.63, 3.8) is 0 Å². The molecule has 36 heavy (non-hydrogen) atoms. The number of benzene rings is 1. The van der Waals surface area contributed by atoms with Crippen molar-refractivity contribution in [2.24, 2.45) is 17.3 Å². The van der Waals surface area contributed by atoms with Gasteiger partial charge < -0.3 is 14.6 Å². The minimum Gasteiger partial charge on any atom is -0.492 e. The summed E-state index contributed by atoms with van der Waals surface area (Å²) in [7, 11) is 0. The van der Waals surface area contributed by atoms with Crippen LogP contribution in [0.25, 0.3) is 0 Å². The van der Waals surface area contributed by atoms with Gasteiger partial charge in [0.2, 0.25) is 0 Å². The maximum absolute atomic E-state index is 12.2. The molecule has 7 rings (SSSR count). The van der Waals surface area contributed by atoms with Gasteiger partial charge in [0.25, 0.3) is 0 Å². The maximum atomic E-state index is 12.2. The van der Waals surface area contributed by atoms with Gasteiger partial charge in [-0.2, -0.15) is 0 Å². The van der Waals surface area contributed by atoms with Gasteiger partial charge in [-0.25, -0.2) is 9.78 Å². The Balaban J connectivity index is 1.04. The second kappa shape index (κ2) is 10.2. The van der Waals surface area contributed by atoms with E-state index in [0.29, 0.717) is 30.8 Å². The van der Waals surface area contributed by atoms with Crippen LogP contribution in [0.15, 0.2) is 24.3 Å². The zero-order valence-corrected chi connectivity index (χ0v) is 21.4. The Morgan fingerprint density at radius 1 is 1.00 bits per heavy atom. The summed E-state index contributed by atoms with van der Waals surface area (Å²) in [6, 6.07) is 8.67. The zero-order valence-electron chi connectivity index (χ0n) is 21.4. The lowest BCUT2D eigenvalue weighted by Crippen LogP contribution is -2.47. The van der Waals surface area contributed by atoms with E-state index in [9.17, 15) is 9.90 Å². The molecule has 6 aliphatic rings. The molecule has 0 amide bonds. The molecule has 1 spiro atoms. The first-order chi connectivity index (χ1) is 17.5. The Bertz CT molecular complexity index is 907. The molecule has 7 nitrogen and oxygen atoms in total. The first-order valence-corrected chi connectivity index (χ1v) is 14.1. The first kappa shape index (κ1) is 24.7. The normalized spacial score (nSPS) is 38.9. The molecule has 4 unspecified atom stereocenters. The molecule has 3 heterocycles. The number of ether oxygens (including phenoxy) is 2. The molecular formula is C29H41NO6. The van der Waals surface area contributed by atoms with Crippen LogP contribution in [-0.4, -0.2) is 67.1 Å². The van der Waals surface area contributed by atoms with Gasteiger partial charge in [-0.3, -0.25) is 9.69 Å². The van der Waals surface area contributed by atoms with E-state index in [2.05, 4.69) is 29.2 Å². The third kappa shape index (κ3) is 5.17. The molecule has 4 bridgehead atoms. The number of rotatable bonds is 6. The molecule has 3 aliphatic carbocycles. The van der Waals surface area contributed by atoms with Crippen molar-refractivity contribution < 1.29 is 29.1 Å². The van der Waals surface area contributed by atoms with Crippen molar-refractivity contribution in [1.29, 1.82) is 0 Å². The lowest BCUT2D eigenvalue weighted by atomic mass is 9.56. The molecule has 198 valence electrons. The summed E-state index contributed by atoms with van der Waals surface area (Å²) < 4.78 is 11.4. The van der Waals surface area contributed by atoms with E-state index in [1.165, 1.54) is 5.56 Å². The van der Waals surface area contributed by atoms with Crippen LogP contribution in [0.1, 0.15) is 75.7 Å². The number of morpholine rings is 1. The van der Waals surface area contributed by atoms with Crippen molar-refractivity contribution >= 4 is 5.97 Å². The van der Waals surface area contributed by atoms with Gasteiger partial charge in [-0.1, -0.05) is 12.1 Å². The van der Waals surface area contributed by atoms with E-state index in [0.717, 1.165) is 96.4 Å². The molecular weight excluding hydrogens is 458 g/mol. The minimum absolute atomic E-state index is 0.0794. The fraction of sp³-hybridized carbons (Fsp3) is 0.759. The molecule has 7 heteroatoms. The van der Waals surface area contributed by atoms with Crippen LogP contribution >= 0.6 is 0 Å². The number of fused-ring (bicyclic) bond motifs is 1. The third-order valence-electron chi connectivity index (χ3n) is 9.74. The molecule has 1 aromatic carbocycles. The molecule has 3 aliphatic heterocycles. The van der Waals surface area contributed by atoms with Crippen molar-refractivity contribution in [3.05, 3.63) is 29.8 Å². The molecule has 1 aromatic rings. The largest absolute Gasteiger partial charge is 0.492 e.